The van der Waals surface area contributed by atoms with Crippen molar-refractivity contribution in [1.82, 2.24) is 14.3 Å². The number of halogens is 1. The van der Waals surface area contributed by atoms with E-state index in [0.29, 0.717) is 12.3 Å². The van der Waals surface area contributed by atoms with Crippen molar-refractivity contribution in [3.8, 4) is 0 Å². The Morgan fingerprint density at radius 1 is 1.15 bits per heavy atom. The van der Waals surface area contributed by atoms with Gasteiger partial charge in [0, 0.05) is 25.2 Å². The normalized spacial score (nSPS) is 24.7. The molecule has 0 bridgehead atoms. The van der Waals surface area contributed by atoms with Crippen LogP contribution in [0.2, 0.25) is 0 Å². The fourth-order valence-electron chi connectivity index (χ4n) is 5.08. The molecule has 174 valence electrons. The van der Waals surface area contributed by atoms with Gasteiger partial charge in [-0.3, -0.25) is 10.1 Å². The van der Waals surface area contributed by atoms with E-state index in [4.69, 9.17) is 10.1 Å². The first-order valence-electron chi connectivity index (χ1n) is 10.9. The molecule has 2 N–H and O–H groups in total. The molecule has 2 fully saturated rings. The Kier molecular flexibility index (Phi) is 6.51. The van der Waals surface area contributed by atoms with Crippen molar-refractivity contribution >= 4 is 67.3 Å². The molecule has 1 atom stereocenters. The zero-order valence-electron chi connectivity index (χ0n) is 18.0. The molecule has 2 aliphatic heterocycles. The minimum atomic E-state index is -3.69. The summed E-state index contributed by atoms with van der Waals surface area (Å²) in [4.78, 5) is 11.8. The first kappa shape index (κ1) is 23.2. The topological polar surface area (TPSA) is 105 Å². The summed E-state index contributed by atoms with van der Waals surface area (Å²) in [5, 5.41) is 5.57. The lowest BCUT2D eigenvalue weighted by Crippen LogP contribution is -2.55. The first-order valence-corrected chi connectivity index (χ1v) is 14.4. The predicted octanol–water partition coefficient (Wildman–Crippen LogP) is 3.61. The molecule has 33 heavy (non-hydrogen) atoms. The largest absolute Gasteiger partial charge is 0.355 e. The highest BCUT2D eigenvalue weighted by Crippen LogP contribution is 2.43. The average molecular weight is 597 g/mol. The summed E-state index contributed by atoms with van der Waals surface area (Å²) in [6.07, 6.45) is 10.5. The van der Waals surface area contributed by atoms with Crippen LogP contribution in [0.5, 0.6) is 0 Å². The Morgan fingerprint density at radius 2 is 1.91 bits per heavy atom. The lowest BCUT2D eigenvalue weighted by Gasteiger charge is -2.44. The van der Waals surface area contributed by atoms with Crippen LogP contribution in [-0.4, -0.2) is 57.5 Å². The van der Waals surface area contributed by atoms with Crippen LogP contribution in [0.15, 0.2) is 58.0 Å². The van der Waals surface area contributed by atoms with Crippen LogP contribution in [0.1, 0.15) is 25.7 Å². The van der Waals surface area contributed by atoms with E-state index in [2.05, 4.69) is 36.9 Å². The van der Waals surface area contributed by atoms with Gasteiger partial charge in [0.15, 0.2) is 0 Å². The molecule has 0 saturated carbocycles. The number of benzene rings is 1. The number of aromatic nitrogens is 2. The molecule has 2 aromatic rings. The molecular formula is C22H25IN6O2S2. The number of rotatable bonds is 4. The third kappa shape index (κ3) is 4.22. The summed E-state index contributed by atoms with van der Waals surface area (Å²) in [6.45, 7) is 2.02. The number of piperidine rings is 1. The number of alkyl halides is 1. The number of hydrogen-bond donors (Lipinski definition) is 1. The van der Waals surface area contributed by atoms with Crippen LogP contribution in [0.3, 0.4) is 0 Å². The zero-order chi connectivity index (χ0) is 23.1. The van der Waals surface area contributed by atoms with Gasteiger partial charge < -0.3 is 4.90 Å². The number of sulfonamides is 1. The maximum absolute atomic E-state index is 13.8. The molecule has 8 nitrogen and oxygen atoms in total. The number of fused-ring (bicyclic) bond motifs is 1. The Morgan fingerprint density at radius 3 is 2.67 bits per heavy atom. The van der Waals surface area contributed by atoms with Crippen LogP contribution >= 0.6 is 34.7 Å². The minimum absolute atomic E-state index is 0.125. The fraction of sp³-hybridized carbons (Fsp3) is 0.409. The standard InChI is InChI=1S/C22H25IN6O2S2/c23-16-5-3-8-19(21(16)27-32-24)33(30,31)29-12-4-9-22(29)10-13-28(14-11-22)20-15-25-17-6-1-2-7-18(17)26-20/h1-3,5-8,15-16H,4,9-14,24H2. The third-order valence-electron chi connectivity index (χ3n) is 6.75. The molecule has 1 unspecified atom stereocenters. The van der Waals surface area contributed by atoms with Crippen molar-refractivity contribution in [3.05, 3.63) is 53.6 Å². The number of para-hydroxylation sites is 2. The second-order valence-electron chi connectivity index (χ2n) is 8.51. The first-order chi connectivity index (χ1) is 15.9. The van der Waals surface area contributed by atoms with Crippen molar-refractivity contribution < 1.29 is 8.42 Å². The number of nitrogens with zero attached hydrogens (tertiary/aromatic N) is 5. The van der Waals surface area contributed by atoms with Crippen LogP contribution in [0.25, 0.3) is 11.0 Å². The Bertz CT molecular complexity index is 1250. The lowest BCUT2D eigenvalue weighted by atomic mass is 9.86. The van der Waals surface area contributed by atoms with Crippen molar-refractivity contribution in [2.24, 2.45) is 9.54 Å². The Hall–Kier alpha value is -1.54. The van der Waals surface area contributed by atoms with Gasteiger partial charge in [-0.25, -0.2) is 17.8 Å². The smallest absolute Gasteiger partial charge is 0.245 e. The van der Waals surface area contributed by atoms with E-state index in [1.807, 2.05) is 36.5 Å². The maximum Gasteiger partial charge on any atom is 0.245 e. The maximum atomic E-state index is 13.8. The quantitative estimate of drug-likeness (QED) is 0.327. The molecule has 1 spiro atoms. The minimum Gasteiger partial charge on any atom is -0.355 e. The molecule has 5 rings (SSSR count). The van der Waals surface area contributed by atoms with E-state index in [9.17, 15) is 8.42 Å². The average Bonchev–Trinajstić information content (AvgIpc) is 3.24. The van der Waals surface area contributed by atoms with Gasteiger partial charge in [0.1, 0.15) is 10.7 Å². The van der Waals surface area contributed by atoms with E-state index in [-0.39, 0.29) is 14.4 Å². The van der Waals surface area contributed by atoms with Crippen molar-refractivity contribution in [1.29, 1.82) is 0 Å². The second kappa shape index (κ2) is 9.25. The summed E-state index contributed by atoms with van der Waals surface area (Å²) in [5.74, 6) is 0.846. The molecule has 1 aromatic heterocycles. The van der Waals surface area contributed by atoms with Gasteiger partial charge in [-0.15, -0.1) is 0 Å². The number of allylic oxidation sites excluding steroid dienone is 4. The van der Waals surface area contributed by atoms with Gasteiger partial charge in [-0.1, -0.05) is 46.9 Å². The van der Waals surface area contributed by atoms with Gasteiger partial charge in [-0.2, -0.15) is 4.31 Å². The Balaban J connectivity index is 1.39. The van der Waals surface area contributed by atoms with Crippen molar-refractivity contribution in [3.63, 3.8) is 0 Å². The van der Waals surface area contributed by atoms with Gasteiger partial charge >= 0.3 is 0 Å². The molecule has 3 heterocycles. The molecule has 0 radical (unpaired) electrons. The summed E-state index contributed by atoms with van der Waals surface area (Å²) >= 11 is 3.00. The van der Waals surface area contributed by atoms with Gasteiger partial charge in [0.2, 0.25) is 10.0 Å². The molecule has 1 aliphatic carbocycles. The number of hydrogen-bond acceptors (Lipinski definition) is 8. The van der Waals surface area contributed by atoms with E-state index in [1.165, 1.54) is 0 Å². The highest BCUT2D eigenvalue weighted by atomic mass is 127. The van der Waals surface area contributed by atoms with Gasteiger partial charge in [0.25, 0.3) is 0 Å². The van der Waals surface area contributed by atoms with Crippen molar-refractivity contribution in [2.45, 2.75) is 35.1 Å². The summed E-state index contributed by atoms with van der Waals surface area (Å²) < 4.78 is 33.6. The zero-order valence-corrected chi connectivity index (χ0v) is 21.8. The number of anilines is 1. The van der Waals surface area contributed by atoms with E-state index >= 15 is 0 Å². The predicted molar refractivity (Wildman–Crippen MR) is 143 cm³/mol. The molecule has 2 saturated heterocycles. The van der Waals surface area contributed by atoms with Gasteiger partial charge in [0.05, 0.1) is 39.0 Å². The number of nitrogens with two attached hydrogens (primary N) is 1. The van der Waals surface area contributed by atoms with Gasteiger partial charge in [-0.05, 0) is 43.9 Å². The van der Waals surface area contributed by atoms with E-state index in [0.717, 1.165) is 67.8 Å². The van der Waals surface area contributed by atoms with E-state index < -0.39 is 10.0 Å². The van der Waals surface area contributed by atoms with Crippen molar-refractivity contribution in [2.75, 3.05) is 24.5 Å². The Labute approximate surface area is 211 Å². The molecule has 11 heteroatoms. The molecule has 3 aliphatic rings. The lowest BCUT2D eigenvalue weighted by molar-refractivity contribution is 0.194. The second-order valence-corrected chi connectivity index (χ2v) is 12.1. The summed E-state index contributed by atoms with van der Waals surface area (Å²) in [7, 11) is -3.69. The van der Waals surface area contributed by atoms with Crippen LogP contribution in [0.4, 0.5) is 5.82 Å². The fourth-order valence-corrected chi connectivity index (χ4v) is 8.66. The molecular weight excluding hydrogens is 571 g/mol. The SMILES string of the molecule is NSN=C1C(S(=O)(=O)N2CCCC23CCN(c2cnc4ccccc4n2)CC3)=CC=CC1I. The highest BCUT2D eigenvalue weighted by Gasteiger charge is 2.50. The summed E-state index contributed by atoms with van der Waals surface area (Å²) in [5.41, 5.74) is 1.88. The molecule has 0 amide bonds. The van der Waals surface area contributed by atoms with Crippen LogP contribution < -0.4 is 10.0 Å². The molecule has 1 aromatic carbocycles. The third-order valence-corrected chi connectivity index (χ3v) is 10.1. The van der Waals surface area contributed by atoms with Crippen LogP contribution in [-0.2, 0) is 10.0 Å². The van der Waals surface area contributed by atoms with Crippen LogP contribution in [0, 0.1) is 0 Å². The summed E-state index contributed by atoms with van der Waals surface area (Å²) in [6, 6.07) is 7.84. The monoisotopic (exact) mass is 596 g/mol. The van der Waals surface area contributed by atoms with E-state index in [1.54, 1.807) is 16.5 Å². The highest BCUT2D eigenvalue weighted by molar-refractivity contribution is 14.1.